The van der Waals surface area contributed by atoms with E-state index in [4.69, 9.17) is 9.31 Å². The summed E-state index contributed by atoms with van der Waals surface area (Å²) >= 11 is 1.86. The summed E-state index contributed by atoms with van der Waals surface area (Å²) in [7, 11) is -0.409. The number of fused-ring (bicyclic) bond motifs is 10. The molecular weight excluding hydrogens is 497 g/mol. The Kier molecular flexibility index (Phi) is 4.74. The van der Waals surface area contributed by atoms with Gasteiger partial charge >= 0.3 is 7.12 Å². The summed E-state index contributed by atoms with van der Waals surface area (Å²) in [4.78, 5) is 0. The van der Waals surface area contributed by atoms with E-state index >= 15 is 0 Å². The van der Waals surface area contributed by atoms with E-state index in [0.29, 0.717) is 0 Å². The van der Waals surface area contributed by atoms with Gasteiger partial charge in [0.05, 0.1) is 22.2 Å². The molecule has 0 bridgehead atoms. The maximum Gasteiger partial charge on any atom is 0.496 e. The molecule has 1 aliphatic rings. The van der Waals surface area contributed by atoms with Crippen molar-refractivity contribution in [3.63, 3.8) is 0 Å². The first kappa shape index (κ1) is 23.3. The van der Waals surface area contributed by atoms with Gasteiger partial charge in [0, 0.05) is 47.5 Å². The van der Waals surface area contributed by atoms with Crippen LogP contribution in [0.15, 0.2) is 97.1 Å². The highest BCUT2D eigenvalue weighted by atomic mass is 32.1. The van der Waals surface area contributed by atoms with Gasteiger partial charge in [-0.1, -0.05) is 78.9 Å². The van der Waals surface area contributed by atoms with E-state index < -0.39 is 18.3 Å². The van der Waals surface area contributed by atoms with Crippen LogP contribution in [0.2, 0.25) is 0 Å². The molecule has 8 rings (SSSR count). The van der Waals surface area contributed by atoms with Crippen molar-refractivity contribution in [2.75, 3.05) is 0 Å². The normalized spacial score (nSPS) is 16.9. The Hall–Kier alpha value is -3.64. The van der Waals surface area contributed by atoms with Crippen LogP contribution in [0.3, 0.4) is 0 Å². The van der Waals surface area contributed by atoms with Crippen LogP contribution in [0, 0.1) is 0 Å². The Bertz CT molecular complexity index is 2070. The summed E-state index contributed by atoms with van der Waals surface area (Å²) in [5, 5.41) is 7.70. The third-order valence-corrected chi connectivity index (χ3v) is 10.1. The van der Waals surface area contributed by atoms with E-state index in [9.17, 15) is 0 Å². The molecule has 39 heavy (non-hydrogen) atoms. The van der Waals surface area contributed by atoms with Gasteiger partial charge in [-0.2, -0.15) is 0 Å². The highest BCUT2D eigenvalue weighted by Crippen LogP contribution is 2.48. The standard InChI is InChI=1S/C34H28BNO2S/c1-33(2)34(3,4)38-35(37-33)26-19-12-18-25-29-30-28(22-15-8-9-16-23(22)32(29)39-31(25)26)24-17-10-11-20-27(24)36(30)21-13-6-5-7-14-21/h5-20H,1-4H3. The molecule has 0 amide bonds. The van der Waals surface area contributed by atoms with E-state index in [1.165, 1.54) is 58.4 Å². The molecule has 0 aliphatic carbocycles. The van der Waals surface area contributed by atoms with Crippen LogP contribution in [-0.4, -0.2) is 22.9 Å². The predicted molar refractivity (Wildman–Crippen MR) is 167 cm³/mol. The second-order valence-corrected chi connectivity index (χ2v) is 12.6. The minimum absolute atomic E-state index is 0.393. The van der Waals surface area contributed by atoms with Crippen molar-refractivity contribution in [1.29, 1.82) is 0 Å². The SMILES string of the molecule is CC1(C)OB(c2cccc3c2sc2c4ccccc4c4c5ccccc5n(-c5ccccc5)c4c32)OC1(C)C. The van der Waals surface area contributed by atoms with E-state index in [2.05, 4.69) is 129 Å². The van der Waals surface area contributed by atoms with Crippen LogP contribution in [0.5, 0.6) is 0 Å². The van der Waals surface area contributed by atoms with Crippen molar-refractivity contribution in [2.45, 2.75) is 38.9 Å². The van der Waals surface area contributed by atoms with Crippen molar-refractivity contribution in [2.24, 2.45) is 0 Å². The van der Waals surface area contributed by atoms with Crippen molar-refractivity contribution in [3.8, 4) is 5.69 Å². The van der Waals surface area contributed by atoms with Crippen LogP contribution >= 0.6 is 11.3 Å². The molecule has 5 aromatic carbocycles. The first-order chi connectivity index (χ1) is 18.9. The molecule has 0 spiro atoms. The second kappa shape index (κ2) is 7.95. The van der Waals surface area contributed by atoms with Gasteiger partial charge in [0.25, 0.3) is 0 Å². The zero-order valence-corrected chi connectivity index (χ0v) is 23.3. The lowest BCUT2D eigenvalue weighted by molar-refractivity contribution is 0.00578. The summed E-state index contributed by atoms with van der Waals surface area (Å²) in [6.45, 7) is 8.47. The fourth-order valence-electron chi connectivity index (χ4n) is 6.22. The van der Waals surface area contributed by atoms with Crippen molar-refractivity contribution in [1.82, 2.24) is 4.57 Å². The average Bonchev–Trinajstić information content (AvgIpc) is 3.56. The number of benzene rings is 5. The minimum Gasteiger partial charge on any atom is -0.399 e. The van der Waals surface area contributed by atoms with Gasteiger partial charge in [-0.25, -0.2) is 0 Å². The summed E-state index contributed by atoms with van der Waals surface area (Å²) in [5.74, 6) is 0. The quantitative estimate of drug-likeness (QED) is 0.211. The van der Waals surface area contributed by atoms with Gasteiger partial charge in [-0.3, -0.25) is 0 Å². The van der Waals surface area contributed by atoms with E-state index in [1.807, 2.05) is 11.3 Å². The molecule has 7 aromatic rings. The molecule has 0 radical (unpaired) electrons. The van der Waals surface area contributed by atoms with Gasteiger partial charge in [0.15, 0.2) is 0 Å². The lowest BCUT2D eigenvalue weighted by atomic mass is 9.78. The number of hydrogen-bond acceptors (Lipinski definition) is 3. The lowest BCUT2D eigenvalue weighted by Gasteiger charge is -2.32. The molecule has 2 aromatic heterocycles. The average molecular weight is 525 g/mol. The summed E-state index contributed by atoms with van der Waals surface area (Å²) < 4.78 is 18.1. The van der Waals surface area contributed by atoms with Crippen LogP contribution in [0.25, 0.3) is 58.4 Å². The van der Waals surface area contributed by atoms with Crippen LogP contribution < -0.4 is 5.46 Å². The highest BCUT2D eigenvalue weighted by molar-refractivity contribution is 7.28. The van der Waals surface area contributed by atoms with Crippen LogP contribution in [-0.2, 0) is 9.31 Å². The number of rotatable bonds is 2. The molecule has 3 heterocycles. The maximum absolute atomic E-state index is 6.55. The van der Waals surface area contributed by atoms with Crippen molar-refractivity contribution in [3.05, 3.63) is 97.1 Å². The zero-order chi connectivity index (χ0) is 26.5. The molecular formula is C34H28BNO2S. The molecule has 1 aliphatic heterocycles. The fourth-order valence-corrected chi connectivity index (χ4v) is 7.58. The molecule has 190 valence electrons. The van der Waals surface area contributed by atoms with Gasteiger partial charge < -0.3 is 13.9 Å². The Morgan fingerprint density at radius 3 is 1.95 bits per heavy atom. The molecule has 0 N–H and O–H groups in total. The van der Waals surface area contributed by atoms with Gasteiger partial charge in [0.2, 0.25) is 0 Å². The highest BCUT2D eigenvalue weighted by Gasteiger charge is 2.52. The van der Waals surface area contributed by atoms with E-state index in [1.54, 1.807) is 0 Å². The minimum atomic E-state index is -0.409. The number of para-hydroxylation sites is 2. The topological polar surface area (TPSA) is 23.4 Å². The van der Waals surface area contributed by atoms with E-state index in [-0.39, 0.29) is 0 Å². The van der Waals surface area contributed by atoms with E-state index in [0.717, 1.165) is 5.46 Å². The number of hydrogen-bond donors (Lipinski definition) is 0. The Balaban J connectivity index is 1.58. The van der Waals surface area contributed by atoms with Crippen LogP contribution in [0.1, 0.15) is 27.7 Å². The molecule has 1 saturated heterocycles. The monoisotopic (exact) mass is 525 g/mol. The van der Waals surface area contributed by atoms with Gasteiger partial charge in [0.1, 0.15) is 0 Å². The molecule has 0 saturated carbocycles. The summed E-state index contributed by atoms with van der Waals surface area (Å²) in [5.41, 5.74) is 3.96. The first-order valence-corrected chi connectivity index (χ1v) is 14.4. The number of aromatic nitrogens is 1. The third-order valence-electron chi connectivity index (χ3n) is 8.82. The predicted octanol–water partition coefficient (Wildman–Crippen LogP) is 8.60. The summed E-state index contributed by atoms with van der Waals surface area (Å²) in [6, 6.07) is 35.0. The zero-order valence-electron chi connectivity index (χ0n) is 22.5. The molecule has 3 nitrogen and oxygen atoms in total. The number of nitrogens with zero attached hydrogens (tertiary/aromatic N) is 1. The third kappa shape index (κ3) is 3.12. The van der Waals surface area contributed by atoms with Gasteiger partial charge in [-0.05, 0) is 51.3 Å². The molecule has 0 atom stereocenters. The summed E-state index contributed by atoms with van der Waals surface area (Å²) in [6.07, 6.45) is 0. The largest absolute Gasteiger partial charge is 0.496 e. The van der Waals surface area contributed by atoms with Crippen molar-refractivity contribution >= 4 is 76.7 Å². The lowest BCUT2D eigenvalue weighted by Crippen LogP contribution is -2.41. The Morgan fingerprint density at radius 1 is 0.590 bits per heavy atom. The molecule has 0 unspecified atom stereocenters. The fraction of sp³-hybridized carbons (Fsp3) is 0.176. The smallest absolute Gasteiger partial charge is 0.399 e. The first-order valence-electron chi connectivity index (χ1n) is 13.6. The molecule has 1 fully saturated rings. The second-order valence-electron chi connectivity index (χ2n) is 11.6. The van der Waals surface area contributed by atoms with Crippen molar-refractivity contribution < 1.29 is 9.31 Å². The maximum atomic E-state index is 6.55. The number of thiophene rings is 1. The van der Waals surface area contributed by atoms with Crippen LogP contribution in [0.4, 0.5) is 0 Å². The molecule has 5 heteroatoms. The van der Waals surface area contributed by atoms with Gasteiger partial charge in [-0.15, -0.1) is 11.3 Å². The Labute approximate surface area is 231 Å². The Morgan fingerprint density at radius 2 is 1.21 bits per heavy atom.